The summed E-state index contributed by atoms with van der Waals surface area (Å²) in [5.41, 5.74) is 1.23. The summed E-state index contributed by atoms with van der Waals surface area (Å²) in [6.07, 6.45) is 0. The summed E-state index contributed by atoms with van der Waals surface area (Å²) in [5, 5.41) is 10.3. The Labute approximate surface area is 150 Å². The zero-order chi connectivity index (χ0) is 18.9. The van der Waals surface area contributed by atoms with Gasteiger partial charge in [0.1, 0.15) is 5.82 Å². The van der Waals surface area contributed by atoms with Crippen molar-refractivity contribution < 1.29 is 18.8 Å². The number of anilines is 2. The highest BCUT2D eigenvalue weighted by atomic mass is 19.1. The fraction of sp³-hybridized carbons (Fsp3) is 0.167. The Morgan fingerprint density at radius 3 is 2.19 bits per heavy atom. The third-order valence-electron chi connectivity index (χ3n) is 3.27. The molecule has 0 aliphatic heterocycles. The molecule has 2 aromatic carbocycles. The van der Waals surface area contributed by atoms with Crippen molar-refractivity contribution in [3.8, 4) is 0 Å². The minimum atomic E-state index is -0.525. The van der Waals surface area contributed by atoms with E-state index in [1.165, 1.54) is 25.1 Å². The number of halogens is 1. The molecule has 0 atom stereocenters. The van der Waals surface area contributed by atoms with Gasteiger partial charge < -0.3 is 21.3 Å². The molecule has 4 N–H and O–H groups in total. The molecule has 0 saturated heterocycles. The van der Waals surface area contributed by atoms with Gasteiger partial charge in [-0.3, -0.25) is 9.59 Å². The van der Waals surface area contributed by atoms with Crippen LogP contribution in [0.15, 0.2) is 48.5 Å². The van der Waals surface area contributed by atoms with E-state index >= 15 is 0 Å². The average Bonchev–Trinajstić information content (AvgIpc) is 2.59. The van der Waals surface area contributed by atoms with Crippen LogP contribution in [-0.2, 0) is 4.79 Å². The van der Waals surface area contributed by atoms with Gasteiger partial charge in [-0.15, -0.1) is 0 Å². The summed E-state index contributed by atoms with van der Waals surface area (Å²) < 4.78 is 13.1. The summed E-state index contributed by atoms with van der Waals surface area (Å²) >= 11 is 0. The molecule has 2 rings (SSSR count). The smallest absolute Gasteiger partial charge is 0.323 e. The van der Waals surface area contributed by atoms with E-state index in [1.807, 2.05) is 0 Å². The Morgan fingerprint density at radius 1 is 0.885 bits per heavy atom. The molecule has 7 nitrogen and oxygen atoms in total. The number of rotatable bonds is 6. The number of carbonyl (C=O) groups is 3. The van der Waals surface area contributed by atoms with Crippen LogP contribution in [0, 0.1) is 5.82 Å². The fourth-order valence-corrected chi connectivity index (χ4v) is 2.08. The molecule has 0 spiro atoms. The Balaban J connectivity index is 1.83. The first kappa shape index (κ1) is 18.9. The van der Waals surface area contributed by atoms with Crippen LogP contribution in [0.3, 0.4) is 0 Å². The number of nitrogens with one attached hydrogen (secondary N) is 4. The predicted molar refractivity (Wildman–Crippen MR) is 96.5 cm³/mol. The van der Waals surface area contributed by atoms with Gasteiger partial charge >= 0.3 is 6.03 Å². The van der Waals surface area contributed by atoms with E-state index in [1.54, 1.807) is 30.3 Å². The van der Waals surface area contributed by atoms with Crippen LogP contribution in [0.4, 0.5) is 20.6 Å². The topological polar surface area (TPSA) is 99.3 Å². The fourth-order valence-electron chi connectivity index (χ4n) is 2.08. The Morgan fingerprint density at radius 2 is 1.54 bits per heavy atom. The van der Waals surface area contributed by atoms with Crippen molar-refractivity contribution in [1.82, 2.24) is 10.6 Å². The highest BCUT2D eigenvalue weighted by Crippen LogP contribution is 2.12. The third-order valence-corrected chi connectivity index (χ3v) is 3.27. The van der Waals surface area contributed by atoms with Crippen molar-refractivity contribution >= 4 is 29.2 Å². The molecule has 26 heavy (non-hydrogen) atoms. The Kier molecular flexibility index (Phi) is 6.67. The van der Waals surface area contributed by atoms with Gasteiger partial charge in [0.25, 0.3) is 5.91 Å². The standard InChI is InChI=1S/C18H19FN4O3/c1-12(24)20-9-10-21-17(25)13-5-7-15(8-6-13)22-18(26)23-16-4-2-3-14(19)11-16/h2-8,11H,9-10H2,1H3,(H,20,24)(H,21,25)(H2,22,23,26). The normalized spacial score (nSPS) is 9.92. The van der Waals surface area contributed by atoms with E-state index in [0.717, 1.165) is 0 Å². The first-order valence-electron chi connectivity index (χ1n) is 7.90. The molecule has 0 unspecified atom stereocenters. The van der Waals surface area contributed by atoms with Gasteiger partial charge in [-0.05, 0) is 42.5 Å². The third kappa shape index (κ3) is 6.23. The molecular formula is C18H19FN4O3. The average molecular weight is 358 g/mol. The maximum absolute atomic E-state index is 13.1. The summed E-state index contributed by atoms with van der Waals surface area (Å²) in [6.45, 7) is 2.06. The molecule has 0 radical (unpaired) electrons. The lowest BCUT2D eigenvalue weighted by Crippen LogP contribution is -2.33. The summed E-state index contributed by atoms with van der Waals surface area (Å²) in [5.74, 6) is -0.894. The number of hydrogen-bond donors (Lipinski definition) is 4. The number of urea groups is 1. The van der Waals surface area contributed by atoms with Gasteiger partial charge in [0.15, 0.2) is 0 Å². The maximum atomic E-state index is 13.1. The quantitative estimate of drug-likeness (QED) is 0.597. The van der Waals surface area contributed by atoms with Crippen LogP contribution in [0.5, 0.6) is 0 Å². The first-order chi connectivity index (χ1) is 12.4. The van der Waals surface area contributed by atoms with Crippen molar-refractivity contribution in [2.24, 2.45) is 0 Å². The molecule has 0 fully saturated rings. The summed E-state index contributed by atoms with van der Waals surface area (Å²) in [4.78, 5) is 34.6. The Hall–Kier alpha value is -3.42. The lowest BCUT2D eigenvalue weighted by atomic mass is 10.2. The van der Waals surface area contributed by atoms with Crippen molar-refractivity contribution in [2.45, 2.75) is 6.92 Å². The number of carbonyl (C=O) groups excluding carboxylic acids is 3. The van der Waals surface area contributed by atoms with Gasteiger partial charge in [-0.1, -0.05) is 6.07 Å². The van der Waals surface area contributed by atoms with Crippen molar-refractivity contribution in [3.05, 3.63) is 59.9 Å². The van der Waals surface area contributed by atoms with Crippen molar-refractivity contribution in [1.29, 1.82) is 0 Å². The van der Waals surface area contributed by atoms with E-state index in [4.69, 9.17) is 0 Å². The number of benzene rings is 2. The van der Waals surface area contributed by atoms with Gasteiger partial charge in [0.2, 0.25) is 5.91 Å². The van der Waals surface area contributed by atoms with Gasteiger partial charge in [0, 0.05) is 37.0 Å². The van der Waals surface area contributed by atoms with Crippen LogP contribution in [0.25, 0.3) is 0 Å². The minimum absolute atomic E-state index is 0.161. The number of amides is 4. The van der Waals surface area contributed by atoms with Crippen molar-refractivity contribution in [3.63, 3.8) is 0 Å². The summed E-state index contributed by atoms with van der Waals surface area (Å²) in [7, 11) is 0. The molecular weight excluding hydrogens is 339 g/mol. The molecule has 0 aliphatic rings. The highest BCUT2D eigenvalue weighted by Gasteiger charge is 2.07. The molecule has 8 heteroatoms. The molecule has 0 saturated carbocycles. The van der Waals surface area contributed by atoms with E-state index in [9.17, 15) is 18.8 Å². The second-order valence-corrected chi connectivity index (χ2v) is 5.41. The molecule has 4 amide bonds. The van der Waals surface area contributed by atoms with Crippen LogP contribution in [0.1, 0.15) is 17.3 Å². The second kappa shape index (κ2) is 9.16. The zero-order valence-corrected chi connectivity index (χ0v) is 14.1. The summed E-state index contributed by atoms with van der Waals surface area (Å²) in [6, 6.07) is 11.3. The molecule has 0 heterocycles. The van der Waals surface area contributed by atoms with Crippen LogP contribution >= 0.6 is 0 Å². The lowest BCUT2D eigenvalue weighted by Gasteiger charge is -2.09. The van der Waals surface area contributed by atoms with Gasteiger partial charge in [-0.2, -0.15) is 0 Å². The van der Waals surface area contributed by atoms with Crippen LogP contribution < -0.4 is 21.3 Å². The van der Waals surface area contributed by atoms with E-state index in [-0.39, 0.29) is 11.8 Å². The van der Waals surface area contributed by atoms with E-state index in [2.05, 4.69) is 21.3 Å². The molecule has 2 aromatic rings. The number of hydrogen-bond acceptors (Lipinski definition) is 3. The van der Waals surface area contributed by atoms with Gasteiger partial charge in [0.05, 0.1) is 0 Å². The molecule has 0 aliphatic carbocycles. The predicted octanol–water partition coefficient (Wildman–Crippen LogP) is 2.34. The van der Waals surface area contributed by atoms with Crippen LogP contribution in [0.2, 0.25) is 0 Å². The minimum Gasteiger partial charge on any atom is -0.355 e. The molecule has 136 valence electrons. The lowest BCUT2D eigenvalue weighted by molar-refractivity contribution is -0.118. The Bertz CT molecular complexity index is 793. The van der Waals surface area contributed by atoms with Crippen molar-refractivity contribution in [2.75, 3.05) is 23.7 Å². The zero-order valence-electron chi connectivity index (χ0n) is 14.1. The van der Waals surface area contributed by atoms with Crippen LogP contribution in [-0.4, -0.2) is 30.9 Å². The van der Waals surface area contributed by atoms with E-state index in [0.29, 0.717) is 30.0 Å². The SMILES string of the molecule is CC(=O)NCCNC(=O)c1ccc(NC(=O)Nc2cccc(F)c2)cc1. The second-order valence-electron chi connectivity index (χ2n) is 5.41. The molecule has 0 aromatic heterocycles. The maximum Gasteiger partial charge on any atom is 0.323 e. The first-order valence-corrected chi connectivity index (χ1v) is 7.90. The van der Waals surface area contributed by atoms with E-state index < -0.39 is 11.8 Å². The monoisotopic (exact) mass is 358 g/mol. The molecule has 0 bridgehead atoms. The largest absolute Gasteiger partial charge is 0.355 e. The van der Waals surface area contributed by atoms with Gasteiger partial charge in [-0.25, -0.2) is 9.18 Å². The highest BCUT2D eigenvalue weighted by molar-refractivity contribution is 6.00.